The first-order valence-corrected chi connectivity index (χ1v) is 8.76. The van der Waals surface area contributed by atoms with Gasteiger partial charge in [-0.3, -0.25) is 14.5 Å². The second-order valence-corrected chi connectivity index (χ2v) is 6.50. The molecule has 1 aromatic heterocycles. The average Bonchev–Trinajstić information content (AvgIpc) is 2.54. The van der Waals surface area contributed by atoms with Crippen LogP contribution in [0.3, 0.4) is 0 Å². The number of aromatic nitrogens is 1. The lowest BCUT2D eigenvalue weighted by Gasteiger charge is -2.11. The number of hydrogen-bond acceptors (Lipinski definition) is 5. The van der Waals surface area contributed by atoms with E-state index in [0.29, 0.717) is 16.8 Å². The molecule has 0 spiro atoms. The van der Waals surface area contributed by atoms with Gasteiger partial charge >= 0.3 is 7.82 Å². The van der Waals surface area contributed by atoms with Gasteiger partial charge in [0.25, 0.3) is 0 Å². The Morgan fingerprint density at radius 1 is 1.33 bits per heavy atom. The van der Waals surface area contributed by atoms with Crippen molar-refractivity contribution in [2.24, 2.45) is 4.99 Å². The molecule has 0 aliphatic carbocycles. The van der Waals surface area contributed by atoms with E-state index >= 15 is 0 Å². The van der Waals surface area contributed by atoms with Crippen LogP contribution in [0.4, 0.5) is 0 Å². The van der Waals surface area contributed by atoms with Crippen LogP contribution < -0.4 is 0 Å². The third-order valence-corrected chi connectivity index (χ3v) is 3.92. The highest BCUT2D eigenvalue weighted by atomic mass is 31.2. The Kier molecular flexibility index (Phi) is 5.85. The van der Waals surface area contributed by atoms with E-state index in [-0.39, 0.29) is 18.4 Å². The van der Waals surface area contributed by atoms with Crippen molar-refractivity contribution in [3.63, 3.8) is 0 Å². The zero-order chi connectivity index (χ0) is 17.7. The first-order valence-electron chi connectivity index (χ1n) is 7.23. The number of pyridine rings is 1. The van der Waals surface area contributed by atoms with Gasteiger partial charge in [-0.25, -0.2) is 4.57 Å². The largest absolute Gasteiger partial charge is 0.505 e. The Morgan fingerprint density at radius 2 is 2.00 bits per heavy atom. The number of phosphoric acid groups is 1. The van der Waals surface area contributed by atoms with Gasteiger partial charge in [-0.05, 0) is 19.4 Å². The summed E-state index contributed by atoms with van der Waals surface area (Å²) in [6.07, 6.45) is 2.87. The predicted octanol–water partition coefficient (Wildman–Crippen LogP) is 2.89. The van der Waals surface area contributed by atoms with E-state index in [9.17, 15) is 9.67 Å². The molecule has 2 aromatic rings. The van der Waals surface area contributed by atoms with Crippen molar-refractivity contribution in [2.75, 3.05) is 0 Å². The SMILES string of the molecule is Cc1ncc(COP(=O)(O)O)c(C=N[C@H](C)c2ccccc2)c1O. The van der Waals surface area contributed by atoms with Gasteiger partial charge in [0.1, 0.15) is 5.75 Å². The van der Waals surface area contributed by atoms with E-state index < -0.39 is 7.82 Å². The van der Waals surface area contributed by atoms with E-state index in [2.05, 4.69) is 14.5 Å². The van der Waals surface area contributed by atoms with Crippen molar-refractivity contribution in [1.82, 2.24) is 4.98 Å². The van der Waals surface area contributed by atoms with Crippen molar-refractivity contribution in [1.29, 1.82) is 0 Å². The molecule has 0 aliphatic heterocycles. The first-order chi connectivity index (χ1) is 11.3. The molecule has 1 atom stereocenters. The van der Waals surface area contributed by atoms with Crippen LogP contribution in [-0.2, 0) is 15.7 Å². The number of nitrogens with zero attached hydrogens (tertiary/aromatic N) is 2. The normalized spacial score (nSPS) is 13.3. The van der Waals surface area contributed by atoms with Crippen LogP contribution in [0.1, 0.15) is 35.3 Å². The summed E-state index contributed by atoms with van der Waals surface area (Å²) in [4.78, 5) is 26.1. The van der Waals surface area contributed by atoms with Crippen LogP contribution in [-0.4, -0.2) is 26.1 Å². The van der Waals surface area contributed by atoms with Gasteiger partial charge in [0.2, 0.25) is 0 Å². The predicted molar refractivity (Wildman–Crippen MR) is 89.9 cm³/mol. The Labute approximate surface area is 139 Å². The van der Waals surface area contributed by atoms with Crippen molar-refractivity contribution in [2.45, 2.75) is 26.5 Å². The van der Waals surface area contributed by atoms with Gasteiger partial charge in [0.05, 0.1) is 18.3 Å². The topological polar surface area (TPSA) is 112 Å². The molecule has 0 fully saturated rings. The number of benzene rings is 1. The molecule has 2 rings (SSSR count). The fraction of sp³-hybridized carbons (Fsp3) is 0.250. The van der Waals surface area contributed by atoms with E-state index in [0.717, 1.165) is 5.56 Å². The van der Waals surface area contributed by atoms with Gasteiger partial charge in [-0.1, -0.05) is 30.3 Å². The molecule has 7 nitrogen and oxygen atoms in total. The second kappa shape index (κ2) is 7.68. The van der Waals surface area contributed by atoms with Gasteiger partial charge in [0, 0.05) is 23.5 Å². The molecule has 3 N–H and O–H groups in total. The molecule has 8 heteroatoms. The minimum absolute atomic E-state index is 0.0918. The highest BCUT2D eigenvalue weighted by Gasteiger charge is 2.17. The Hall–Kier alpha value is -2.05. The summed E-state index contributed by atoms with van der Waals surface area (Å²) in [7, 11) is -4.62. The molecule has 1 aromatic carbocycles. The zero-order valence-electron chi connectivity index (χ0n) is 13.3. The van der Waals surface area contributed by atoms with Gasteiger partial charge in [-0.2, -0.15) is 0 Å². The van der Waals surface area contributed by atoms with Crippen LogP contribution in [0.25, 0.3) is 0 Å². The van der Waals surface area contributed by atoms with Crippen LogP contribution in [0.2, 0.25) is 0 Å². The molecule has 0 saturated heterocycles. The summed E-state index contributed by atoms with van der Waals surface area (Å²) in [6, 6.07) is 9.48. The Morgan fingerprint density at radius 3 is 2.62 bits per heavy atom. The molecule has 128 valence electrons. The number of phosphoric ester groups is 1. The molecule has 0 aliphatic rings. The summed E-state index contributed by atoms with van der Waals surface area (Å²) in [5, 5.41) is 10.2. The number of aromatic hydroxyl groups is 1. The summed E-state index contributed by atoms with van der Waals surface area (Å²) in [5.74, 6) is -0.0918. The maximum absolute atomic E-state index is 10.9. The molecular formula is C16H19N2O5P. The van der Waals surface area contributed by atoms with E-state index in [4.69, 9.17) is 9.79 Å². The monoisotopic (exact) mass is 350 g/mol. The standard InChI is InChI=1S/C16H19N2O5P/c1-11(13-6-4-3-5-7-13)18-9-15-14(10-23-24(20,21)22)8-17-12(2)16(15)19/h3-9,11,19H,10H2,1-2H3,(H2,20,21,22)/t11-/m1/s1. The molecule has 0 saturated carbocycles. The highest BCUT2D eigenvalue weighted by Crippen LogP contribution is 2.37. The summed E-state index contributed by atoms with van der Waals surface area (Å²) < 4.78 is 15.4. The lowest BCUT2D eigenvalue weighted by molar-refractivity contribution is 0.188. The smallest absolute Gasteiger partial charge is 0.469 e. The molecule has 1 heterocycles. The Balaban J connectivity index is 2.29. The van der Waals surface area contributed by atoms with Crippen LogP contribution >= 0.6 is 7.82 Å². The summed E-state index contributed by atoms with van der Waals surface area (Å²) in [6.45, 7) is 3.15. The summed E-state index contributed by atoms with van der Waals surface area (Å²) >= 11 is 0. The third-order valence-electron chi connectivity index (χ3n) is 3.46. The van der Waals surface area contributed by atoms with Crippen molar-refractivity contribution >= 4 is 14.0 Å². The second-order valence-electron chi connectivity index (χ2n) is 5.26. The van der Waals surface area contributed by atoms with Gasteiger partial charge in [-0.15, -0.1) is 0 Å². The lowest BCUT2D eigenvalue weighted by Crippen LogP contribution is -2.01. The van der Waals surface area contributed by atoms with Gasteiger partial charge < -0.3 is 14.9 Å². The fourth-order valence-corrected chi connectivity index (χ4v) is 2.38. The third kappa shape index (κ3) is 4.97. The average molecular weight is 350 g/mol. The molecule has 0 radical (unpaired) electrons. The molecule has 0 bridgehead atoms. The number of hydrogen-bond donors (Lipinski definition) is 3. The van der Waals surface area contributed by atoms with Crippen molar-refractivity contribution in [3.8, 4) is 5.75 Å². The number of rotatable bonds is 6. The maximum atomic E-state index is 10.9. The minimum Gasteiger partial charge on any atom is -0.505 e. The van der Waals surface area contributed by atoms with Gasteiger partial charge in [0.15, 0.2) is 0 Å². The first kappa shape index (κ1) is 18.3. The van der Waals surface area contributed by atoms with Crippen molar-refractivity contribution < 1.29 is 24.0 Å². The number of aryl methyl sites for hydroxylation is 1. The van der Waals surface area contributed by atoms with Crippen molar-refractivity contribution in [3.05, 3.63) is 58.9 Å². The summed E-state index contributed by atoms with van der Waals surface area (Å²) in [5.41, 5.74) is 2.07. The van der Waals surface area contributed by atoms with Crippen LogP contribution in [0, 0.1) is 6.92 Å². The number of aliphatic imine (C=N–C) groups is 1. The molecule has 24 heavy (non-hydrogen) atoms. The fourth-order valence-electron chi connectivity index (χ4n) is 2.07. The highest BCUT2D eigenvalue weighted by molar-refractivity contribution is 7.46. The lowest BCUT2D eigenvalue weighted by atomic mass is 10.1. The Bertz CT molecular complexity index is 774. The van der Waals surface area contributed by atoms with Crippen LogP contribution in [0.15, 0.2) is 41.5 Å². The molecule has 0 unspecified atom stereocenters. The van der Waals surface area contributed by atoms with E-state index in [1.54, 1.807) is 6.92 Å². The van der Waals surface area contributed by atoms with Crippen LogP contribution in [0.5, 0.6) is 5.75 Å². The quantitative estimate of drug-likeness (QED) is 0.545. The van der Waals surface area contributed by atoms with E-state index in [1.165, 1.54) is 12.4 Å². The maximum Gasteiger partial charge on any atom is 0.469 e. The minimum atomic E-state index is -4.62. The van der Waals surface area contributed by atoms with E-state index in [1.807, 2.05) is 37.3 Å². The molecular weight excluding hydrogens is 331 g/mol. The molecule has 0 amide bonds. The zero-order valence-corrected chi connectivity index (χ0v) is 14.2.